The zero-order valence-corrected chi connectivity index (χ0v) is 81.9. The number of rotatable bonds is 46. The Hall–Kier alpha value is -10.4. The molecule has 0 saturated heterocycles. The molecule has 0 heterocycles. The number of carbonyl (C=O) groups is 9. The standard InChI is InChI=1S/C44H52NO11P.C19H21NO4.C18H26NO6P.C11H22O3.C7H7Cl2OP.B/c1-44(2,3)56-43(49)45-39(42(48)53-31-36-21-12-6-13-22-36)25-16-28-54-57(50,55-32-37-23-14-7-15-24-37)33-38(41(47)52-30-35-19-10-5-11-20-35)26-27-40(46)51-29-34-17-8-4-9-18-34;20-17(19(22)24-14-16-9-5-2-6-10-16)11-12-18(21)23-13-15-7-3-1-4-8-15;1-18(2,3)25-17(21)19-15(11-8-12-24-26(4)22)16(20)23-13-14-9-6-5-7-10-14;1-9(6-5-7-12)8-10(13)14-11(2,3)4;8-11(9,10)6-7-4-2-1-3-5-7;/h4-15,17-24,38-39H,16,25-33H2,1-3H3,(H,45,49);1-10,17H,11-14,20H2;5-7,9-10,15H,8,11-13H2,1-4H3;9,12H,5-8H2,1-4H3;1-5H,6H2;/p+1/t38?,39-,57-;17-;15-;;;/m101.../s1. The van der Waals surface area contributed by atoms with Gasteiger partial charge in [-0.05, 0) is 191 Å². The lowest BCUT2D eigenvalue weighted by molar-refractivity contribution is -0.156. The number of halogens is 2. The number of hydrogen-bond donors (Lipinski definition) is 4. The molecular weight excluding hydrogens is 1810 g/mol. The predicted octanol–water partition coefficient (Wildman–Crippen LogP) is 20.7. The van der Waals surface area contributed by atoms with Gasteiger partial charge in [0.2, 0.25) is 0 Å². The minimum atomic E-state index is -4.09. The molecule has 133 heavy (non-hydrogen) atoms. The summed E-state index contributed by atoms with van der Waals surface area (Å²) in [6.45, 7) is 20.1. The van der Waals surface area contributed by atoms with Crippen LogP contribution in [0.5, 0.6) is 0 Å². The molecule has 0 aliphatic rings. The summed E-state index contributed by atoms with van der Waals surface area (Å²) >= 11 is 10.8. The number of amides is 2. The van der Waals surface area contributed by atoms with Crippen molar-refractivity contribution in [2.24, 2.45) is 17.6 Å². The van der Waals surface area contributed by atoms with E-state index in [4.69, 9.17) is 89.5 Å². The molecule has 0 fully saturated rings. The maximum Gasteiger partial charge on any atom is 0.504 e. The Bertz CT molecular complexity index is 4780. The van der Waals surface area contributed by atoms with Gasteiger partial charge in [-0.25, -0.2) is 19.2 Å². The summed E-state index contributed by atoms with van der Waals surface area (Å²) in [7, 11) is -5.78. The minimum Gasteiger partial charge on any atom is -0.461 e. The van der Waals surface area contributed by atoms with Crippen molar-refractivity contribution in [3.63, 3.8) is 0 Å². The fourth-order valence-corrected chi connectivity index (χ4v) is 15.2. The second kappa shape index (κ2) is 64.5. The van der Waals surface area contributed by atoms with E-state index in [1.54, 1.807) is 53.7 Å². The van der Waals surface area contributed by atoms with E-state index in [1.807, 2.05) is 258 Å². The van der Waals surface area contributed by atoms with Gasteiger partial charge in [0.15, 0.2) is 6.66 Å². The number of alkyl carbamates (subject to hydrolysis) is 2. The third-order valence-electron chi connectivity index (χ3n) is 17.9. The van der Waals surface area contributed by atoms with Crippen LogP contribution in [0.3, 0.4) is 0 Å². The largest absolute Gasteiger partial charge is 0.504 e. The molecule has 3 unspecified atom stereocenters. The summed E-state index contributed by atoms with van der Waals surface area (Å²) < 4.78 is 101. The molecule has 3 radical (unpaired) electrons. The molecule has 5 N–H and O–H groups in total. The fraction of sp³-hybridized carbons (Fsp3) is 0.424. The van der Waals surface area contributed by atoms with Crippen LogP contribution in [0, 0.1) is 11.8 Å². The normalized spacial score (nSPS) is 12.7. The maximum atomic E-state index is 14.6. The molecule has 0 aliphatic heterocycles. The number of benzene rings is 8. The van der Waals surface area contributed by atoms with Crippen molar-refractivity contribution in [1.29, 1.82) is 0 Å². The number of nitrogens with two attached hydrogens (primary N) is 1. The Kier molecular flexibility index (Phi) is 56.6. The number of carbonyl (C=O) groups excluding carboxylic acids is 9. The smallest absolute Gasteiger partial charge is 0.461 e. The summed E-state index contributed by atoms with van der Waals surface area (Å²) in [6, 6.07) is 70.9. The molecule has 28 nitrogen and oxygen atoms in total. The van der Waals surface area contributed by atoms with E-state index in [-0.39, 0.29) is 143 Å². The Morgan fingerprint density at radius 3 is 1.05 bits per heavy atom. The molecule has 8 aromatic rings. The average Bonchev–Trinajstić information content (AvgIpc) is 0.844. The Morgan fingerprint density at radius 2 is 0.714 bits per heavy atom. The molecule has 8 aromatic carbocycles. The lowest BCUT2D eigenvalue weighted by Crippen LogP contribution is -2.44. The average molecular weight is 1940 g/mol. The van der Waals surface area contributed by atoms with E-state index in [2.05, 4.69) is 10.6 Å². The zero-order chi connectivity index (χ0) is 97.2. The summed E-state index contributed by atoms with van der Waals surface area (Å²) in [6.07, 6.45) is 1.41. The van der Waals surface area contributed by atoms with Gasteiger partial charge in [0.1, 0.15) is 81.2 Å². The monoisotopic (exact) mass is 1930 g/mol. The summed E-state index contributed by atoms with van der Waals surface area (Å²) in [4.78, 5) is 112. The summed E-state index contributed by atoms with van der Waals surface area (Å²) in [5.74, 6) is -7.22. The van der Waals surface area contributed by atoms with Crippen LogP contribution in [0.15, 0.2) is 243 Å². The van der Waals surface area contributed by atoms with E-state index in [0.717, 1.165) is 57.3 Å². The number of esters is 7. The molecule has 0 spiro atoms. The van der Waals surface area contributed by atoms with Gasteiger partial charge in [0.25, 0.3) is 5.85 Å². The quantitative estimate of drug-likeness (QED) is 0.00905. The van der Waals surface area contributed by atoms with Crippen LogP contribution in [0.2, 0.25) is 0 Å². The Balaban J connectivity index is 0.000000493. The third-order valence-corrected chi connectivity index (χ3v) is 21.9. The van der Waals surface area contributed by atoms with Gasteiger partial charge in [-0.15, -0.1) is 4.52 Å². The van der Waals surface area contributed by atoms with Crippen LogP contribution >= 0.6 is 44.0 Å². The fourth-order valence-electron chi connectivity index (χ4n) is 11.5. The van der Waals surface area contributed by atoms with E-state index in [0.29, 0.717) is 12.8 Å². The van der Waals surface area contributed by atoms with Crippen molar-refractivity contribution in [1.82, 2.24) is 10.6 Å². The molecule has 721 valence electrons. The minimum absolute atomic E-state index is 0. The van der Waals surface area contributed by atoms with Gasteiger partial charge >= 0.3 is 69.6 Å². The highest BCUT2D eigenvalue weighted by atomic mass is 35.9. The van der Waals surface area contributed by atoms with Gasteiger partial charge in [-0.2, -0.15) is 0 Å². The Morgan fingerprint density at radius 1 is 0.398 bits per heavy atom. The molecule has 34 heteroatoms. The van der Waals surface area contributed by atoms with Crippen LogP contribution in [0.25, 0.3) is 0 Å². The highest BCUT2D eigenvalue weighted by molar-refractivity contribution is 8.08. The molecule has 0 bridgehead atoms. The predicted molar refractivity (Wildman–Crippen MR) is 512 cm³/mol. The SMILES string of the molecule is CC(C)(C)OC(=O)N[C@H](CCCO[P@](=O)(CC(CCC(=O)OCc1ccccc1)C(=O)OCc1ccccc1)OCc1ccccc1)C(=O)OCc1ccccc1.CC(CCCO)CC(=O)OC(C)(C)C.C[P+](=O)OCCC[C@@H](NC(=O)OC(C)(C)C)C(=O)OCc1ccccc1.N[C@@H](CCC(=O)OCc1ccccc1)C(=O)OCc1ccccc1.O=P(Cl)(Cl)Cc1ccccc1.[B]. The van der Waals surface area contributed by atoms with Gasteiger partial charge in [0.05, 0.1) is 31.5 Å². The summed E-state index contributed by atoms with van der Waals surface area (Å²) in [5, 5.41) is 13.7. The lowest BCUT2D eigenvalue weighted by Gasteiger charge is -2.24. The van der Waals surface area contributed by atoms with Crippen LogP contribution in [0.4, 0.5) is 9.59 Å². The van der Waals surface area contributed by atoms with Crippen molar-refractivity contribution in [2.45, 2.75) is 227 Å². The number of hydrogen-bond acceptors (Lipinski definition) is 26. The van der Waals surface area contributed by atoms with Gasteiger partial charge < -0.3 is 73.2 Å². The molecule has 8 rings (SSSR count). The van der Waals surface area contributed by atoms with E-state index in [9.17, 15) is 56.8 Å². The van der Waals surface area contributed by atoms with Crippen molar-refractivity contribution in [3.8, 4) is 0 Å². The zero-order valence-electron chi connectivity index (χ0n) is 77.7. The van der Waals surface area contributed by atoms with Crippen LogP contribution in [-0.2, 0) is 156 Å². The van der Waals surface area contributed by atoms with Crippen molar-refractivity contribution in [2.75, 3.05) is 32.6 Å². The van der Waals surface area contributed by atoms with E-state index >= 15 is 0 Å². The molecule has 0 aromatic heterocycles. The second-order valence-electron chi connectivity index (χ2n) is 33.4. The van der Waals surface area contributed by atoms with Gasteiger partial charge in [0, 0.05) is 34.3 Å². The second-order valence-corrected chi connectivity index (χ2v) is 41.9. The highest BCUT2D eigenvalue weighted by Crippen LogP contribution is 2.59. The van der Waals surface area contributed by atoms with Crippen LogP contribution in [-0.4, -0.2) is 135 Å². The van der Waals surface area contributed by atoms with E-state index < -0.39 is 111 Å². The van der Waals surface area contributed by atoms with Crippen LogP contribution in [0.1, 0.15) is 184 Å². The Labute approximate surface area is 795 Å². The number of nitrogens with one attached hydrogen (secondary N) is 2. The first-order valence-corrected chi connectivity index (χ1v) is 50.4. The molecular formula is C99H129BCl2N3O25P3+. The topological polar surface area (TPSA) is 386 Å². The maximum absolute atomic E-state index is 14.6. The first-order chi connectivity index (χ1) is 62.6. The third kappa shape index (κ3) is 59.1. The molecule has 0 aliphatic carbocycles. The molecule has 2 amide bonds. The lowest BCUT2D eigenvalue weighted by atomic mass is 10.0. The van der Waals surface area contributed by atoms with Crippen molar-refractivity contribution in [3.05, 3.63) is 287 Å². The number of aliphatic hydroxyl groups excluding tert-OH is 1. The van der Waals surface area contributed by atoms with Gasteiger partial charge in [-0.1, -0.05) is 250 Å². The highest BCUT2D eigenvalue weighted by Gasteiger charge is 2.36. The van der Waals surface area contributed by atoms with Crippen LogP contribution < -0.4 is 16.4 Å². The van der Waals surface area contributed by atoms with Crippen molar-refractivity contribution >= 4 is 106 Å². The first kappa shape index (κ1) is 117. The first-order valence-electron chi connectivity index (χ1n) is 43.4. The number of ether oxygens (including phenoxy) is 9. The summed E-state index contributed by atoms with van der Waals surface area (Å²) in [5.41, 5.74) is 10.5. The van der Waals surface area contributed by atoms with Gasteiger partial charge in [-0.3, -0.25) is 33.1 Å². The number of aliphatic hydroxyl groups is 1. The van der Waals surface area contributed by atoms with E-state index in [1.165, 1.54) is 6.66 Å². The molecule has 7 atom stereocenters. The van der Waals surface area contributed by atoms with Crippen molar-refractivity contribution < 1.29 is 118 Å². The molecule has 0 saturated carbocycles.